The second-order valence-corrected chi connectivity index (χ2v) is 22.1. The Morgan fingerprint density at radius 2 is 1.48 bits per heavy atom. The second-order valence-electron chi connectivity index (χ2n) is 17.3. The number of carboxylic acid groups (broad SMARTS) is 1. The first-order valence-corrected chi connectivity index (χ1v) is 23.4. The summed E-state index contributed by atoms with van der Waals surface area (Å²) in [5.74, 6) is -0.0556. The molecule has 52 heavy (non-hydrogen) atoms. The molecular formula is C44H66O7Si. The minimum atomic E-state index is -1.98. The summed E-state index contributed by atoms with van der Waals surface area (Å²) in [6, 6.07) is 17.9. The third-order valence-electron chi connectivity index (χ3n) is 12.6. The van der Waals surface area contributed by atoms with E-state index in [1.165, 1.54) is 25.7 Å². The summed E-state index contributed by atoms with van der Waals surface area (Å²) < 4.78 is 26.7. The van der Waals surface area contributed by atoms with Gasteiger partial charge in [-0.05, 0) is 111 Å². The summed E-state index contributed by atoms with van der Waals surface area (Å²) in [4.78, 5) is 24.9. The van der Waals surface area contributed by atoms with Crippen LogP contribution < -0.4 is 0 Å². The second kappa shape index (κ2) is 19.2. The van der Waals surface area contributed by atoms with E-state index in [4.69, 9.17) is 23.7 Å². The summed E-state index contributed by atoms with van der Waals surface area (Å²) in [5, 5.41) is 9.29. The molecule has 1 N–H and O–H groups in total. The fourth-order valence-corrected chi connectivity index (χ4v) is 9.93. The molecule has 2 aromatic carbocycles. The zero-order chi connectivity index (χ0) is 37.1. The highest BCUT2D eigenvalue weighted by Crippen LogP contribution is 2.46. The van der Waals surface area contributed by atoms with Gasteiger partial charge in [-0.2, -0.15) is 0 Å². The van der Waals surface area contributed by atoms with E-state index in [9.17, 15) is 9.59 Å². The largest absolute Gasteiger partial charge is 0.481 e. The van der Waals surface area contributed by atoms with E-state index in [0.29, 0.717) is 24.3 Å². The number of carboxylic acids is 1. The van der Waals surface area contributed by atoms with Gasteiger partial charge in [-0.25, -0.2) is 4.79 Å². The van der Waals surface area contributed by atoms with Crippen molar-refractivity contribution in [2.45, 2.75) is 166 Å². The number of unbranched alkanes of at least 4 members (excludes halogenated alkanes) is 3. The highest BCUT2D eigenvalue weighted by Gasteiger charge is 2.48. The molecule has 0 amide bonds. The Kier molecular flexibility index (Phi) is 15.0. The molecule has 1 saturated heterocycles. The van der Waals surface area contributed by atoms with Crippen molar-refractivity contribution in [1.82, 2.24) is 0 Å². The van der Waals surface area contributed by atoms with Crippen molar-refractivity contribution in [2.24, 2.45) is 17.8 Å². The topological polar surface area (TPSA) is 91.3 Å². The number of rotatable bonds is 18. The van der Waals surface area contributed by atoms with E-state index >= 15 is 0 Å². The number of esters is 1. The van der Waals surface area contributed by atoms with Gasteiger partial charge in [-0.1, -0.05) is 95.3 Å². The van der Waals surface area contributed by atoms with E-state index in [1.54, 1.807) is 0 Å². The highest BCUT2D eigenvalue weighted by atomic mass is 28.4. The summed E-state index contributed by atoms with van der Waals surface area (Å²) in [6.45, 7) is 12.5. The lowest BCUT2D eigenvalue weighted by Gasteiger charge is -2.41. The molecule has 3 aliphatic rings. The lowest BCUT2D eigenvalue weighted by molar-refractivity contribution is -0.196. The zero-order valence-corrected chi connectivity index (χ0v) is 33.7. The van der Waals surface area contributed by atoms with E-state index in [2.05, 4.69) is 46.0 Å². The van der Waals surface area contributed by atoms with Crippen LogP contribution in [0.5, 0.6) is 0 Å². The monoisotopic (exact) mass is 734 g/mol. The predicted octanol–water partition coefficient (Wildman–Crippen LogP) is 11.2. The normalized spacial score (nSPS) is 24.9. The van der Waals surface area contributed by atoms with E-state index < -0.39 is 14.3 Å². The van der Waals surface area contributed by atoms with E-state index in [0.717, 1.165) is 75.5 Å². The van der Waals surface area contributed by atoms with Gasteiger partial charge in [-0.15, -0.1) is 0 Å². The van der Waals surface area contributed by atoms with Gasteiger partial charge in [-0.3, -0.25) is 4.79 Å². The van der Waals surface area contributed by atoms with Gasteiger partial charge >= 0.3 is 11.9 Å². The quantitative estimate of drug-likeness (QED) is 0.0926. The van der Waals surface area contributed by atoms with Gasteiger partial charge in [0.2, 0.25) is 0 Å². The van der Waals surface area contributed by atoms with Crippen molar-refractivity contribution in [3.05, 3.63) is 60.2 Å². The molecule has 2 unspecified atom stereocenters. The molecule has 0 radical (unpaired) electrons. The maximum atomic E-state index is 13.8. The molecule has 6 atom stereocenters. The molecule has 1 heterocycles. The lowest BCUT2D eigenvalue weighted by atomic mass is 9.83. The van der Waals surface area contributed by atoms with Crippen molar-refractivity contribution < 1.29 is 33.3 Å². The molecular weight excluding hydrogens is 669 g/mol. The molecule has 0 spiro atoms. The standard InChI is InChI=1S/C44H66O7Si/c1-44(2,3)52(4,5)51-38(34-19-13-14-20-34)29-28-37-36(21-11-6-7-12-22-41(45)46)40(31-39(37)49-42-23-15-16-30-48-42)50-43(47)35-26-24-33(25-27-35)32-17-9-8-10-18-32/h8-10,17-18,24-27,34,36-40,42H,6-7,11-16,19-23,28-31H2,1-5H3,(H,45,46)/t36-,37-,38+,39?,40+,42?/m1/s1. The number of benzene rings is 2. The first-order chi connectivity index (χ1) is 24.9. The third-order valence-corrected chi connectivity index (χ3v) is 17.1. The van der Waals surface area contributed by atoms with Gasteiger partial charge in [0.1, 0.15) is 6.10 Å². The van der Waals surface area contributed by atoms with Crippen molar-refractivity contribution in [2.75, 3.05) is 6.61 Å². The fraction of sp³-hybridized carbons (Fsp3) is 0.682. The van der Waals surface area contributed by atoms with E-state index in [-0.39, 0.29) is 53.9 Å². The summed E-state index contributed by atoms with van der Waals surface area (Å²) in [7, 11) is -1.98. The number of ether oxygens (including phenoxy) is 3. The van der Waals surface area contributed by atoms with Crippen LogP contribution in [0.4, 0.5) is 0 Å². The fourth-order valence-electron chi connectivity index (χ4n) is 8.51. The SMILES string of the molecule is CC(C)(C)[Si](C)(C)O[C@@H](CC[C@H]1C(OC2CCCCO2)C[C@H](OC(=O)c2ccc(-c3ccccc3)cc2)[C@@H]1CCCCCCC(=O)O)C1CCCC1. The number of carbonyl (C=O) groups is 2. The minimum Gasteiger partial charge on any atom is -0.481 e. The maximum Gasteiger partial charge on any atom is 0.338 e. The number of hydrogen-bond acceptors (Lipinski definition) is 6. The van der Waals surface area contributed by atoms with Crippen LogP contribution in [0.2, 0.25) is 18.1 Å². The van der Waals surface area contributed by atoms with Crippen molar-refractivity contribution in [1.29, 1.82) is 0 Å². The van der Waals surface area contributed by atoms with E-state index in [1.807, 2.05) is 42.5 Å². The lowest BCUT2D eigenvalue weighted by Crippen LogP contribution is -2.45. The molecule has 2 aliphatic carbocycles. The number of carbonyl (C=O) groups excluding carboxylic acids is 1. The van der Waals surface area contributed by atoms with Crippen LogP contribution in [0.3, 0.4) is 0 Å². The molecule has 7 nitrogen and oxygen atoms in total. The van der Waals surface area contributed by atoms with Gasteiger partial charge < -0.3 is 23.7 Å². The first kappa shape index (κ1) is 40.7. The predicted molar refractivity (Wildman–Crippen MR) is 210 cm³/mol. The molecule has 0 aromatic heterocycles. The Morgan fingerprint density at radius 3 is 2.13 bits per heavy atom. The van der Waals surface area contributed by atoms with Crippen LogP contribution in [-0.2, 0) is 23.4 Å². The Morgan fingerprint density at radius 1 is 0.827 bits per heavy atom. The Labute approximate surface area is 314 Å². The molecule has 2 saturated carbocycles. The van der Waals surface area contributed by atoms with Crippen molar-refractivity contribution >= 4 is 20.3 Å². The average Bonchev–Trinajstić information content (AvgIpc) is 3.77. The minimum absolute atomic E-state index is 0.0598. The van der Waals surface area contributed by atoms with Gasteiger partial charge in [0, 0.05) is 31.5 Å². The van der Waals surface area contributed by atoms with Gasteiger partial charge in [0.15, 0.2) is 14.6 Å². The molecule has 8 heteroatoms. The molecule has 2 aromatic rings. The number of hydrogen-bond donors (Lipinski definition) is 1. The Balaban J connectivity index is 1.36. The molecule has 5 rings (SSSR count). The van der Waals surface area contributed by atoms with Crippen LogP contribution in [-0.4, -0.2) is 56.6 Å². The Bertz CT molecular complexity index is 1380. The van der Waals surface area contributed by atoms with Crippen molar-refractivity contribution in [3.63, 3.8) is 0 Å². The van der Waals surface area contributed by atoms with Gasteiger partial charge in [0.25, 0.3) is 0 Å². The highest BCUT2D eigenvalue weighted by molar-refractivity contribution is 6.74. The molecule has 288 valence electrons. The smallest absolute Gasteiger partial charge is 0.338 e. The summed E-state index contributed by atoms with van der Waals surface area (Å²) in [6.07, 6.45) is 15.1. The summed E-state index contributed by atoms with van der Waals surface area (Å²) in [5.41, 5.74) is 2.74. The zero-order valence-electron chi connectivity index (χ0n) is 32.7. The molecule has 0 bridgehead atoms. The van der Waals surface area contributed by atoms with Crippen LogP contribution >= 0.6 is 0 Å². The first-order valence-electron chi connectivity index (χ1n) is 20.4. The third kappa shape index (κ3) is 11.5. The van der Waals surface area contributed by atoms with Crippen LogP contribution in [0.1, 0.15) is 134 Å². The van der Waals surface area contributed by atoms with Crippen LogP contribution in [0, 0.1) is 17.8 Å². The molecule has 1 aliphatic heterocycles. The van der Waals surface area contributed by atoms with Crippen LogP contribution in [0.15, 0.2) is 54.6 Å². The number of aliphatic carboxylic acids is 1. The molecule has 3 fully saturated rings. The van der Waals surface area contributed by atoms with Gasteiger partial charge in [0.05, 0.1) is 11.7 Å². The van der Waals surface area contributed by atoms with Crippen LogP contribution in [0.25, 0.3) is 11.1 Å². The average molecular weight is 735 g/mol. The summed E-state index contributed by atoms with van der Waals surface area (Å²) >= 11 is 0. The Hall–Kier alpha value is -2.52. The maximum absolute atomic E-state index is 13.8. The van der Waals surface area contributed by atoms with Crippen molar-refractivity contribution in [3.8, 4) is 11.1 Å².